The zero-order valence-corrected chi connectivity index (χ0v) is 12.6. The summed E-state index contributed by atoms with van der Waals surface area (Å²) in [5.74, 6) is -4.49. The summed E-state index contributed by atoms with van der Waals surface area (Å²) in [6, 6.07) is 6.51. The van der Waals surface area contributed by atoms with Crippen LogP contribution in [0.4, 0.5) is 8.78 Å². The molecular formula is C15H13Cl2F2NO. The molecule has 0 saturated heterocycles. The lowest BCUT2D eigenvalue weighted by atomic mass is 9.79. The van der Waals surface area contributed by atoms with E-state index in [1.54, 1.807) is 6.07 Å². The van der Waals surface area contributed by atoms with Crippen molar-refractivity contribution in [2.45, 2.75) is 37.5 Å². The number of rotatable bonds is 3. The normalized spacial score (nSPS) is 19.8. The van der Waals surface area contributed by atoms with E-state index in [1.165, 1.54) is 12.1 Å². The smallest absolute Gasteiger partial charge is 0.248 e. The van der Waals surface area contributed by atoms with Crippen LogP contribution in [0, 0.1) is 17.2 Å². The third kappa shape index (κ3) is 3.72. The van der Waals surface area contributed by atoms with Gasteiger partial charge in [-0.3, -0.25) is 4.79 Å². The van der Waals surface area contributed by atoms with Crippen LogP contribution in [0.2, 0.25) is 10.0 Å². The quantitative estimate of drug-likeness (QED) is 0.782. The Labute approximate surface area is 131 Å². The van der Waals surface area contributed by atoms with Crippen molar-refractivity contribution in [1.29, 1.82) is 5.26 Å². The Kier molecular flexibility index (Phi) is 4.85. The zero-order valence-electron chi connectivity index (χ0n) is 11.1. The van der Waals surface area contributed by atoms with E-state index >= 15 is 0 Å². The first-order valence-corrected chi connectivity index (χ1v) is 7.36. The fourth-order valence-corrected chi connectivity index (χ4v) is 2.86. The molecule has 2 nitrogen and oxygen atoms in total. The lowest BCUT2D eigenvalue weighted by molar-refractivity contribution is -0.127. The van der Waals surface area contributed by atoms with Gasteiger partial charge in [-0.2, -0.15) is 5.26 Å². The molecular weight excluding hydrogens is 319 g/mol. The van der Waals surface area contributed by atoms with E-state index in [2.05, 4.69) is 0 Å². The van der Waals surface area contributed by atoms with Gasteiger partial charge >= 0.3 is 0 Å². The maximum atomic E-state index is 13.1. The summed E-state index contributed by atoms with van der Waals surface area (Å²) < 4.78 is 26.3. The number of carbonyl (C=O) groups is 1. The zero-order chi connectivity index (χ0) is 15.6. The van der Waals surface area contributed by atoms with Crippen LogP contribution in [-0.2, 0) is 4.79 Å². The summed E-state index contributed by atoms with van der Waals surface area (Å²) in [6.07, 6.45) is -0.372. The van der Waals surface area contributed by atoms with Crippen molar-refractivity contribution in [3.8, 4) is 6.07 Å². The molecule has 6 heteroatoms. The van der Waals surface area contributed by atoms with Crippen LogP contribution in [0.15, 0.2) is 18.2 Å². The van der Waals surface area contributed by atoms with E-state index in [9.17, 15) is 18.8 Å². The lowest BCUT2D eigenvalue weighted by Gasteiger charge is -2.28. The van der Waals surface area contributed by atoms with Gasteiger partial charge in [0.15, 0.2) is 5.78 Å². The lowest BCUT2D eigenvalue weighted by Crippen LogP contribution is -2.31. The highest BCUT2D eigenvalue weighted by molar-refractivity contribution is 6.42. The van der Waals surface area contributed by atoms with Crippen LogP contribution in [-0.4, -0.2) is 11.7 Å². The minimum absolute atomic E-state index is 0.116. The third-order valence-corrected chi connectivity index (χ3v) is 4.55. The minimum Gasteiger partial charge on any atom is -0.298 e. The fraction of sp³-hybridized carbons (Fsp3) is 0.467. The van der Waals surface area contributed by atoms with Crippen molar-refractivity contribution in [3.05, 3.63) is 33.8 Å². The summed E-state index contributed by atoms with van der Waals surface area (Å²) in [7, 11) is 0. The Morgan fingerprint density at radius 3 is 2.43 bits per heavy atom. The molecule has 1 fully saturated rings. The monoisotopic (exact) mass is 331 g/mol. The van der Waals surface area contributed by atoms with Crippen molar-refractivity contribution in [1.82, 2.24) is 0 Å². The number of alkyl halides is 2. The standard InChI is InChI=1S/C15H13Cl2F2NO/c16-12-2-1-10(7-13(12)17)11(8-20)14(21)9-3-5-15(18,19)6-4-9/h1-2,7,9,11H,3-6H2. The maximum Gasteiger partial charge on any atom is 0.248 e. The number of Topliss-reactive ketones (excluding diaryl/α,β-unsaturated/α-hetero) is 1. The molecule has 21 heavy (non-hydrogen) atoms. The van der Waals surface area contributed by atoms with E-state index in [-0.39, 0.29) is 36.5 Å². The number of nitrogens with zero attached hydrogens (tertiary/aromatic N) is 1. The number of nitriles is 1. The summed E-state index contributed by atoms with van der Waals surface area (Å²) in [4.78, 5) is 12.4. The Morgan fingerprint density at radius 1 is 1.29 bits per heavy atom. The van der Waals surface area contributed by atoms with E-state index in [0.29, 0.717) is 10.6 Å². The first-order valence-electron chi connectivity index (χ1n) is 6.60. The highest BCUT2D eigenvalue weighted by Gasteiger charge is 2.39. The van der Waals surface area contributed by atoms with Crippen molar-refractivity contribution < 1.29 is 13.6 Å². The SMILES string of the molecule is N#CC(C(=O)C1CCC(F)(F)CC1)c1ccc(Cl)c(Cl)c1. The molecule has 0 amide bonds. The molecule has 1 aromatic carbocycles. The van der Waals surface area contributed by atoms with Gasteiger partial charge in [0.25, 0.3) is 0 Å². The molecule has 0 spiro atoms. The molecule has 0 heterocycles. The molecule has 0 bridgehead atoms. The second kappa shape index (κ2) is 6.29. The average molecular weight is 332 g/mol. The predicted molar refractivity (Wildman–Crippen MR) is 76.7 cm³/mol. The number of ketones is 1. The molecule has 0 radical (unpaired) electrons. The van der Waals surface area contributed by atoms with Crippen molar-refractivity contribution in [2.24, 2.45) is 5.92 Å². The fourth-order valence-electron chi connectivity index (χ4n) is 2.55. The summed E-state index contributed by atoms with van der Waals surface area (Å²) in [5.41, 5.74) is 0.453. The largest absolute Gasteiger partial charge is 0.298 e. The Hall–Kier alpha value is -1.18. The van der Waals surface area contributed by atoms with Crippen molar-refractivity contribution in [2.75, 3.05) is 0 Å². The van der Waals surface area contributed by atoms with Gasteiger partial charge in [0.1, 0.15) is 5.92 Å². The molecule has 2 rings (SSSR count). The van der Waals surface area contributed by atoms with Crippen LogP contribution < -0.4 is 0 Å². The third-order valence-electron chi connectivity index (χ3n) is 3.81. The van der Waals surface area contributed by atoms with Crippen LogP contribution in [0.3, 0.4) is 0 Å². The van der Waals surface area contributed by atoms with Gasteiger partial charge in [-0.15, -0.1) is 0 Å². The van der Waals surface area contributed by atoms with E-state index in [0.717, 1.165) is 0 Å². The second-order valence-electron chi connectivity index (χ2n) is 5.27. The number of hydrogen-bond donors (Lipinski definition) is 0. The van der Waals surface area contributed by atoms with E-state index in [1.807, 2.05) is 6.07 Å². The van der Waals surface area contributed by atoms with Gasteiger partial charge in [0.2, 0.25) is 5.92 Å². The number of halogens is 4. The Morgan fingerprint density at radius 2 is 1.90 bits per heavy atom. The molecule has 1 atom stereocenters. The van der Waals surface area contributed by atoms with Crippen LogP contribution >= 0.6 is 23.2 Å². The molecule has 1 saturated carbocycles. The van der Waals surface area contributed by atoms with Crippen molar-refractivity contribution >= 4 is 29.0 Å². The number of benzene rings is 1. The molecule has 0 N–H and O–H groups in total. The summed E-state index contributed by atoms with van der Waals surface area (Å²) in [6.45, 7) is 0. The van der Waals surface area contributed by atoms with Gasteiger partial charge in [0.05, 0.1) is 16.1 Å². The van der Waals surface area contributed by atoms with Crippen molar-refractivity contribution in [3.63, 3.8) is 0 Å². The van der Waals surface area contributed by atoms with E-state index < -0.39 is 17.8 Å². The van der Waals surface area contributed by atoms with Crippen LogP contribution in [0.5, 0.6) is 0 Å². The highest BCUT2D eigenvalue weighted by atomic mass is 35.5. The molecule has 0 aromatic heterocycles. The van der Waals surface area contributed by atoms with Gasteiger partial charge in [-0.05, 0) is 30.5 Å². The van der Waals surface area contributed by atoms with E-state index in [4.69, 9.17) is 23.2 Å². The Bertz CT molecular complexity index is 588. The van der Waals surface area contributed by atoms with Crippen LogP contribution in [0.25, 0.3) is 0 Å². The molecule has 1 unspecified atom stereocenters. The molecule has 1 aliphatic carbocycles. The highest BCUT2D eigenvalue weighted by Crippen LogP contribution is 2.39. The predicted octanol–water partition coefficient (Wildman–Crippen LogP) is 5.00. The van der Waals surface area contributed by atoms with Crippen LogP contribution in [0.1, 0.15) is 37.2 Å². The average Bonchev–Trinajstić information content (AvgIpc) is 2.43. The second-order valence-corrected chi connectivity index (χ2v) is 6.08. The molecule has 1 aromatic rings. The van der Waals surface area contributed by atoms with Gasteiger partial charge < -0.3 is 0 Å². The summed E-state index contributed by atoms with van der Waals surface area (Å²) >= 11 is 11.7. The first kappa shape index (κ1) is 16.2. The first-order chi connectivity index (χ1) is 9.84. The number of hydrogen-bond acceptors (Lipinski definition) is 2. The van der Waals surface area contributed by atoms with Gasteiger partial charge in [-0.1, -0.05) is 29.3 Å². The summed E-state index contributed by atoms with van der Waals surface area (Å²) in [5, 5.41) is 9.84. The Balaban J connectivity index is 2.16. The molecule has 112 valence electrons. The minimum atomic E-state index is -2.69. The maximum absolute atomic E-state index is 13.1. The van der Waals surface area contributed by atoms with Gasteiger partial charge in [0, 0.05) is 18.8 Å². The number of carbonyl (C=O) groups excluding carboxylic acids is 1. The molecule has 0 aliphatic heterocycles. The topological polar surface area (TPSA) is 40.9 Å². The molecule has 1 aliphatic rings. The van der Waals surface area contributed by atoms with Gasteiger partial charge in [-0.25, -0.2) is 8.78 Å².